The number of aryl methyl sites for hydroxylation is 2. The smallest absolute Gasteiger partial charge is 0.269 e. The molecule has 1 aromatic rings. The van der Waals surface area contributed by atoms with Crippen molar-refractivity contribution in [2.45, 2.75) is 33.3 Å². The molecule has 1 N–H and O–H groups in total. The fraction of sp³-hybridized carbons (Fsp3) is 0.667. The molecule has 5 heteroatoms. The van der Waals surface area contributed by atoms with Crippen LogP contribution in [0.1, 0.15) is 36.5 Å². The standard InChI is InChI=1S/C12H21N3O2/c1-9(2)17-7-5-6-13-12(16)11-8-10(3)14-15(11)4/h8-9H,5-7H2,1-4H3,(H,13,16). The van der Waals surface area contributed by atoms with Crippen LogP contribution in [0.2, 0.25) is 0 Å². The third-order valence-corrected chi connectivity index (χ3v) is 2.29. The lowest BCUT2D eigenvalue weighted by Gasteiger charge is -2.08. The van der Waals surface area contributed by atoms with Crippen LogP contribution in [0.3, 0.4) is 0 Å². The minimum atomic E-state index is -0.0855. The summed E-state index contributed by atoms with van der Waals surface area (Å²) in [7, 11) is 1.77. The van der Waals surface area contributed by atoms with Crippen molar-refractivity contribution in [3.63, 3.8) is 0 Å². The molecule has 1 amide bonds. The zero-order valence-electron chi connectivity index (χ0n) is 11.0. The molecule has 0 aliphatic carbocycles. The molecule has 0 aliphatic rings. The number of amides is 1. The van der Waals surface area contributed by atoms with Gasteiger partial charge in [-0.2, -0.15) is 5.10 Å². The van der Waals surface area contributed by atoms with E-state index in [1.54, 1.807) is 17.8 Å². The first kappa shape index (κ1) is 13.7. The van der Waals surface area contributed by atoms with Gasteiger partial charge >= 0.3 is 0 Å². The van der Waals surface area contributed by atoms with Gasteiger partial charge < -0.3 is 10.1 Å². The lowest BCUT2D eigenvalue weighted by atomic mass is 10.3. The van der Waals surface area contributed by atoms with Crippen LogP contribution in [0, 0.1) is 6.92 Å². The first-order chi connectivity index (χ1) is 8.00. The number of hydrogen-bond acceptors (Lipinski definition) is 3. The summed E-state index contributed by atoms with van der Waals surface area (Å²) in [4.78, 5) is 11.8. The Morgan fingerprint density at radius 3 is 2.82 bits per heavy atom. The largest absolute Gasteiger partial charge is 0.379 e. The summed E-state index contributed by atoms with van der Waals surface area (Å²) in [6.45, 7) is 7.15. The van der Waals surface area contributed by atoms with Gasteiger partial charge in [0.05, 0.1) is 11.8 Å². The minimum absolute atomic E-state index is 0.0855. The van der Waals surface area contributed by atoms with E-state index in [0.29, 0.717) is 18.8 Å². The minimum Gasteiger partial charge on any atom is -0.379 e. The van der Waals surface area contributed by atoms with Crippen LogP contribution in [0.15, 0.2) is 6.07 Å². The molecule has 0 fully saturated rings. The summed E-state index contributed by atoms with van der Waals surface area (Å²) in [5, 5.41) is 6.98. The average Bonchev–Trinajstić information content (AvgIpc) is 2.56. The highest BCUT2D eigenvalue weighted by molar-refractivity contribution is 5.92. The molecule has 17 heavy (non-hydrogen) atoms. The Hall–Kier alpha value is -1.36. The quantitative estimate of drug-likeness (QED) is 0.761. The van der Waals surface area contributed by atoms with Gasteiger partial charge in [0.25, 0.3) is 5.91 Å². The van der Waals surface area contributed by atoms with Crippen molar-refractivity contribution in [1.82, 2.24) is 15.1 Å². The van der Waals surface area contributed by atoms with Gasteiger partial charge in [0.1, 0.15) is 5.69 Å². The SMILES string of the molecule is Cc1cc(C(=O)NCCCOC(C)C)n(C)n1. The molecule has 0 atom stereocenters. The summed E-state index contributed by atoms with van der Waals surface area (Å²) in [6.07, 6.45) is 1.06. The molecule has 0 saturated carbocycles. The lowest BCUT2D eigenvalue weighted by Crippen LogP contribution is -2.27. The number of aromatic nitrogens is 2. The maximum absolute atomic E-state index is 11.8. The number of carbonyl (C=O) groups is 1. The van der Waals surface area contributed by atoms with Crippen molar-refractivity contribution in [3.8, 4) is 0 Å². The molecule has 0 aromatic carbocycles. The Bertz CT molecular complexity index is 372. The first-order valence-electron chi connectivity index (χ1n) is 5.91. The summed E-state index contributed by atoms with van der Waals surface area (Å²) in [5.41, 5.74) is 1.44. The van der Waals surface area contributed by atoms with E-state index in [2.05, 4.69) is 10.4 Å². The number of nitrogens with one attached hydrogen (secondary N) is 1. The molecule has 0 radical (unpaired) electrons. The van der Waals surface area contributed by atoms with E-state index < -0.39 is 0 Å². The third kappa shape index (κ3) is 4.56. The van der Waals surface area contributed by atoms with Crippen molar-refractivity contribution in [2.24, 2.45) is 7.05 Å². The molecule has 0 unspecified atom stereocenters. The first-order valence-corrected chi connectivity index (χ1v) is 5.91. The predicted molar refractivity (Wildman–Crippen MR) is 66.0 cm³/mol. The molecule has 5 nitrogen and oxygen atoms in total. The van der Waals surface area contributed by atoms with Crippen molar-refractivity contribution in [2.75, 3.05) is 13.2 Å². The summed E-state index contributed by atoms with van der Waals surface area (Å²) < 4.78 is 6.98. The van der Waals surface area contributed by atoms with Gasteiger partial charge in [-0.25, -0.2) is 0 Å². The molecule has 0 aliphatic heterocycles. The Balaban J connectivity index is 2.28. The van der Waals surface area contributed by atoms with E-state index in [9.17, 15) is 4.79 Å². The molecule has 0 saturated heterocycles. The molecule has 0 bridgehead atoms. The van der Waals surface area contributed by atoms with Gasteiger partial charge in [-0.05, 0) is 33.3 Å². The second-order valence-corrected chi connectivity index (χ2v) is 4.32. The monoisotopic (exact) mass is 239 g/mol. The fourth-order valence-electron chi connectivity index (χ4n) is 1.51. The fourth-order valence-corrected chi connectivity index (χ4v) is 1.51. The van der Waals surface area contributed by atoms with Crippen molar-refractivity contribution >= 4 is 5.91 Å². The molecule has 1 rings (SSSR count). The number of nitrogens with zero attached hydrogens (tertiary/aromatic N) is 2. The van der Waals surface area contributed by atoms with Gasteiger partial charge in [0.2, 0.25) is 0 Å². The molecule has 96 valence electrons. The van der Waals surface area contributed by atoms with Crippen molar-refractivity contribution in [1.29, 1.82) is 0 Å². The Kier molecular flexibility index (Phi) is 5.15. The van der Waals surface area contributed by atoms with Crippen LogP contribution < -0.4 is 5.32 Å². The summed E-state index contributed by atoms with van der Waals surface area (Å²) in [6, 6.07) is 1.78. The summed E-state index contributed by atoms with van der Waals surface area (Å²) >= 11 is 0. The Morgan fingerprint density at radius 2 is 2.29 bits per heavy atom. The predicted octanol–water partition coefficient (Wildman–Crippen LogP) is 1.27. The highest BCUT2D eigenvalue weighted by Gasteiger charge is 2.10. The van der Waals surface area contributed by atoms with Crippen LogP contribution in [0.4, 0.5) is 0 Å². The van der Waals surface area contributed by atoms with Gasteiger partial charge in [-0.3, -0.25) is 9.48 Å². The van der Waals surface area contributed by atoms with Crippen LogP contribution in [0.25, 0.3) is 0 Å². The third-order valence-electron chi connectivity index (χ3n) is 2.29. The molecule has 0 spiro atoms. The Morgan fingerprint density at radius 1 is 1.59 bits per heavy atom. The van der Waals surface area contributed by atoms with E-state index in [1.165, 1.54) is 0 Å². The van der Waals surface area contributed by atoms with Crippen molar-refractivity contribution < 1.29 is 9.53 Å². The Labute approximate surface area is 102 Å². The highest BCUT2D eigenvalue weighted by Crippen LogP contribution is 2.01. The molecular formula is C12H21N3O2. The topological polar surface area (TPSA) is 56.1 Å². The number of rotatable bonds is 6. The number of hydrogen-bond donors (Lipinski definition) is 1. The normalized spacial score (nSPS) is 10.9. The number of carbonyl (C=O) groups excluding carboxylic acids is 1. The van der Waals surface area contributed by atoms with Gasteiger partial charge in [-0.15, -0.1) is 0 Å². The van der Waals surface area contributed by atoms with E-state index in [-0.39, 0.29) is 12.0 Å². The van der Waals surface area contributed by atoms with E-state index in [0.717, 1.165) is 12.1 Å². The van der Waals surface area contributed by atoms with Crippen molar-refractivity contribution in [3.05, 3.63) is 17.5 Å². The van der Waals surface area contributed by atoms with Crippen LogP contribution >= 0.6 is 0 Å². The maximum atomic E-state index is 11.8. The molecule has 1 aromatic heterocycles. The van der Waals surface area contributed by atoms with Gasteiger partial charge in [-0.1, -0.05) is 0 Å². The van der Waals surface area contributed by atoms with Gasteiger partial charge in [0.15, 0.2) is 0 Å². The van der Waals surface area contributed by atoms with E-state index >= 15 is 0 Å². The summed E-state index contributed by atoms with van der Waals surface area (Å²) in [5.74, 6) is -0.0855. The zero-order chi connectivity index (χ0) is 12.8. The maximum Gasteiger partial charge on any atom is 0.269 e. The second kappa shape index (κ2) is 6.39. The van der Waals surface area contributed by atoms with E-state index in [4.69, 9.17) is 4.74 Å². The number of ether oxygens (including phenoxy) is 1. The van der Waals surface area contributed by atoms with Crippen LogP contribution in [-0.4, -0.2) is 34.9 Å². The molecule has 1 heterocycles. The van der Waals surface area contributed by atoms with Crippen LogP contribution in [0.5, 0.6) is 0 Å². The van der Waals surface area contributed by atoms with Gasteiger partial charge in [0, 0.05) is 20.2 Å². The highest BCUT2D eigenvalue weighted by atomic mass is 16.5. The average molecular weight is 239 g/mol. The van der Waals surface area contributed by atoms with E-state index in [1.807, 2.05) is 20.8 Å². The van der Waals surface area contributed by atoms with Crippen LogP contribution in [-0.2, 0) is 11.8 Å². The zero-order valence-corrected chi connectivity index (χ0v) is 11.0. The lowest BCUT2D eigenvalue weighted by molar-refractivity contribution is 0.0756. The second-order valence-electron chi connectivity index (χ2n) is 4.32. The molecular weight excluding hydrogens is 218 g/mol.